The molecule has 0 bridgehead atoms. The van der Waals surface area contributed by atoms with Crippen LogP contribution in [-0.2, 0) is 11.0 Å². The van der Waals surface area contributed by atoms with Crippen molar-refractivity contribution < 1.29 is 27.8 Å². The number of alkyl halides is 3. The van der Waals surface area contributed by atoms with Gasteiger partial charge in [0.2, 0.25) is 0 Å². The molecule has 5 nitrogen and oxygen atoms in total. The van der Waals surface area contributed by atoms with E-state index in [-0.39, 0.29) is 27.8 Å². The van der Waals surface area contributed by atoms with E-state index in [2.05, 4.69) is 4.98 Å². The molecule has 2 aromatic rings. The number of amides is 1. The molecule has 9 heteroatoms. The minimum absolute atomic E-state index is 0.00640. The molecular weight excluding hydrogens is 349 g/mol. The van der Waals surface area contributed by atoms with Crippen molar-refractivity contribution >= 4 is 17.5 Å². The first kappa shape index (κ1) is 17.9. The number of primary amides is 1. The average Bonchev–Trinajstić information content (AvgIpc) is 2.48. The Morgan fingerprint density at radius 2 is 2.04 bits per heavy atom. The highest BCUT2D eigenvalue weighted by atomic mass is 35.5. The van der Waals surface area contributed by atoms with E-state index in [1.807, 2.05) is 0 Å². The largest absolute Gasteiger partial charge is 0.504 e. The normalized spacial score (nSPS) is 12.7. The SMILES string of the molecule is CC(Oc1ccc(-c2ncc(C(F)(F)F)cc2Cl)cc1O)C(N)=O. The highest BCUT2D eigenvalue weighted by molar-refractivity contribution is 6.33. The van der Waals surface area contributed by atoms with Crippen LogP contribution in [0.2, 0.25) is 5.02 Å². The first-order valence-electron chi connectivity index (χ1n) is 6.61. The van der Waals surface area contributed by atoms with Crippen molar-refractivity contribution in [2.75, 3.05) is 0 Å². The second-order valence-electron chi connectivity index (χ2n) is 4.90. The van der Waals surface area contributed by atoms with E-state index in [0.717, 1.165) is 6.07 Å². The molecule has 1 heterocycles. The Morgan fingerprint density at radius 1 is 1.38 bits per heavy atom. The number of aromatic nitrogens is 1. The summed E-state index contributed by atoms with van der Waals surface area (Å²) in [5.74, 6) is -1.06. The summed E-state index contributed by atoms with van der Waals surface area (Å²) in [6, 6.07) is 4.73. The van der Waals surface area contributed by atoms with E-state index in [4.69, 9.17) is 22.1 Å². The van der Waals surface area contributed by atoms with E-state index in [0.29, 0.717) is 6.20 Å². The van der Waals surface area contributed by atoms with E-state index in [1.54, 1.807) is 0 Å². The minimum atomic E-state index is -4.56. The summed E-state index contributed by atoms with van der Waals surface area (Å²) in [4.78, 5) is 14.7. The maximum atomic E-state index is 12.6. The standard InChI is InChI=1S/C15H12ClF3N2O3/c1-7(14(20)23)24-12-3-2-8(4-11(12)22)13-10(16)5-9(6-21-13)15(17,18)19/h2-7,22H,1H3,(H2,20,23). The van der Waals surface area contributed by atoms with Gasteiger partial charge in [0.05, 0.1) is 16.3 Å². The van der Waals surface area contributed by atoms with Gasteiger partial charge in [0.25, 0.3) is 5.91 Å². The van der Waals surface area contributed by atoms with Gasteiger partial charge in [-0.15, -0.1) is 0 Å². The van der Waals surface area contributed by atoms with Crippen LogP contribution >= 0.6 is 11.6 Å². The summed E-state index contributed by atoms with van der Waals surface area (Å²) < 4.78 is 43.0. The van der Waals surface area contributed by atoms with Gasteiger partial charge in [-0.2, -0.15) is 13.2 Å². The van der Waals surface area contributed by atoms with Crippen LogP contribution in [0.25, 0.3) is 11.3 Å². The summed E-state index contributed by atoms with van der Waals surface area (Å²) >= 11 is 5.85. The molecule has 128 valence electrons. The van der Waals surface area contributed by atoms with Crippen LogP contribution in [0, 0.1) is 0 Å². The lowest BCUT2D eigenvalue weighted by Crippen LogP contribution is -2.30. The third-order valence-electron chi connectivity index (χ3n) is 3.11. The van der Waals surface area contributed by atoms with Gasteiger partial charge < -0.3 is 15.6 Å². The topological polar surface area (TPSA) is 85.4 Å². The zero-order chi connectivity index (χ0) is 18.1. The maximum absolute atomic E-state index is 12.6. The molecule has 1 unspecified atom stereocenters. The fourth-order valence-electron chi connectivity index (χ4n) is 1.82. The van der Waals surface area contributed by atoms with Gasteiger partial charge in [-0.25, -0.2) is 0 Å². The Bertz CT molecular complexity index is 781. The van der Waals surface area contributed by atoms with E-state index in [1.165, 1.54) is 25.1 Å². The molecule has 0 fully saturated rings. The number of halogens is 4. The van der Waals surface area contributed by atoms with Crippen LogP contribution in [0.5, 0.6) is 11.5 Å². The second kappa shape index (κ2) is 6.56. The zero-order valence-electron chi connectivity index (χ0n) is 12.3. The Hall–Kier alpha value is -2.48. The second-order valence-corrected chi connectivity index (χ2v) is 5.30. The molecule has 3 N–H and O–H groups in total. The van der Waals surface area contributed by atoms with Gasteiger partial charge in [-0.3, -0.25) is 9.78 Å². The molecular formula is C15H12ClF3N2O3. The lowest BCUT2D eigenvalue weighted by atomic mass is 10.1. The average molecular weight is 361 g/mol. The molecule has 0 aliphatic heterocycles. The predicted octanol–water partition coefficient (Wildman–Crippen LogP) is 3.38. The highest BCUT2D eigenvalue weighted by Gasteiger charge is 2.31. The molecule has 0 aliphatic rings. The molecule has 0 saturated carbocycles. The van der Waals surface area contributed by atoms with Crippen molar-refractivity contribution in [3.63, 3.8) is 0 Å². The van der Waals surface area contributed by atoms with Crippen molar-refractivity contribution in [2.45, 2.75) is 19.2 Å². The van der Waals surface area contributed by atoms with Gasteiger partial charge in [-0.1, -0.05) is 11.6 Å². The number of hydrogen-bond donors (Lipinski definition) is 2. The number of hydrogen-bond acceptors (Lipinski definition) is 4. The summed E-state index contributed by atoms with van der Waals surface area (Å²) in [6.07, 6.45) is -4.87. The fourth-order valence-corrected chi connectivity index (χ4v) is 2.09. The van der Waals surface area contributed by atoms with Gasteiger partial charge in [-0.05, 0) is 31.2 Å². The van der Waals surface area contributed by atoms with Crippen molar-refractivity contribution in [3.05, 3.63) is 41.0 Å². The number of phenolic OH excluding ortho intramolecular Hbond substituents is 1. The van der Waals surface area contributed by atoms with Crippen LogP contribution in [0.15, 0.2) is 30.5 Å². The number of rotatable bonds is 4. The number of benzene rings is 1. The molecule has 1 amide bonds. The van der Waals surface area contributed by atoms with Crippen LogP contribution < -0.4 is 10.5 Å². The fraction of sp³-hybridized carbons (Fsp3) is 0.200. The monoisotopic (exact) mass is 360 g/mol. The molecule has 2 rings (SSSR count). The Balaban J connectivity index is 2.34. The minimum Gasteiger partial charge on any atom is -0.504 e. The number of ether oxygens (including phenoxy) is 1. The lowest BCUT2D eigenvalue weighted by Gasteiger charge is -2.14. The third kappa shape index (κ3) is 3.88. The van der Waals surface area contributed by atoms with Crippen molar-refractivity contribution in [2.24, 2.45) is 5.73 Å². The number of aromatic hydroxyl groups is 1. The van der Waals surface area contributed by atoms with Crippen LogP contribution in [0.4, 0.5) is 13.2 Å². The van der Waals surface area contributed by atoms with Gasteiger partial charge in [0, 0.05) is 11.8 Å². The summed E-state index contributed by atoms with van der Waals surface area (Å²) in [5.41, 5.74) is 4.43. The maximum Gasteiger partial charge on any atom is 0.417 e. The number of pyridine rings is 1. The third-order valence-corrected chi connectivity index (χ3v) is 3.39. The van der Waals surface area contributed by atoms with E-state index in [9.17, 15) is 23.1 Å². The Kier molecular flexibility index (Phi) is 4.88. The first-order chi connectivity index (χ1) is 11.1. The summed E-state index contributed by atoms with van der Waals surface area (Å²) in [5, 5.41) is 9.71. The van der Waals surface area contributed by atoms with Crippen LogP contribution in [0.1, 0.15) is 12.5 Å². The summed E-state index contributed by atoms with van der Waals surface area (Å²) in [7, 11) is 0. The van der Waals surface area contributed by atoms with Gasteiger partial charge in [0.15, 0.2) is 17.6 Å². The van der Waals surface area contributed by atoms with Crippen LogP contribution in [-0.4, -0.2) is 22.1 Å². The number of carbonyl (C=O) groups is 1. The number of nitrogens with zero attached hydrogens (tertiary/aromatic N) is 1. The number of nitrogens with two attached hydrogens (primary N) is 1. The Morgan fingerprint density at radius 3 is 2.54 bits per heavy atom. The molecule has 0 saturated heterocycles. The predicted molar refractivity (Wildman–Crippen MR) is 80.6 cm³/mol. The van der Waals surface area contributed by atoms with Crippen molar-refractivity contribution in [1.82, 2.24) is 4.98 Å². The van der Waals surface area contributed by atoms with E-state index >= 15 is 0 Å². The number of phenols is 1. The summed E-state index contributed by atoms with van der Waals surface area (Å²) in [6.45, 7) is 1.41. The molecule has 24 heavy (non-hydrogen) atoms. The molecule has 1 aromatic heterocycles. The molecule has 0 radical (unpaired) electrons. The van der Waals surface area contributed by atoms with Gasteiger partial charge >= 0.3 is 6.18 Å². The molecule has 0 spiro atoms. The van der Waals surface area contributed by atoms with E-state index < -0.39 is 23.8 Å². The quantitative estimate of drug-likeness (QED) is 0.875. The molecule has 1 atom stereocenters. The zero-order valence-corrected chi connectivity index (χ0v) is 13.0. The first-order valence-corrected chi connectivity index (χ1v) is 6.99. The van der Waals surface area contributed by atoms with Crippen LogP contribution in [0.3, 0.4) is 0 Å². The molecule has 0 aliphatic carbocycles. The number of carbonyl (C=O) groups excluding carboxylic acids is 1. The Labute approximate surface area is 139 Å². The van der Waals surface area contributed by atoms with Crippen molar-refractivity contribution in [3.8, 4) is 22.8 Å². The highest BCUT2D eigenvalue weighted by Crippen LogP contribution is 2.37. The van der Waals surface area contributed by atoms with Crippen molar-refractivity contribution in [1.29, 1.82) is 0 Å². The molecule has 1 aromatic carbocycles. The van der Waals surface area contributed by atoms with Gasteiger partial charge in [0.1, 0.15) is 0 Å². The smallest absolute Gasteiger partial charge is 0.417 e. The lowest BCUT2D eigenvalue weighted by molar-refractivity contribution is -0.137.